The standard InChI is InChI=1S/C11H19NOS/c1-3-5-7-9-10(8-6-4-2)13-11(14)12-9/h3-8H2,1-2H3,(H,12,14). The first-order valence-electron chi connectivity index (χ1n) is 5.48. The SMILES string of the molecule is CCCCc1[nH]c(=S)oc1CCCC. The molecule has 3 heteroatoms. The highest BCUT2D eigenvalue weighted by Gasteiger charge is 2.06. The Morgan fingerprint density at radius 2 is 1.79 bits per heavy atom. The van der Waals surface area contributed by atoms with Gasteiger partial charge in [-0.15, -0.1) is 0 Å². The van der Waals surface area contributed by atoms with Gasteiger partial charge in [-0.25, -0.2) is 0 Å². The zero-order chi connectivity index (χ0) is 10.4. The van der Waals surface area contributed by atoms with Gasteiger partial charge in [0, 0.05) is 6.42 Å². The van der Waals surface area contributed by atoms with Gasteiger partial charge in [-0.05, 0) is 31.5 Å². The Hall–Kier alpha value is -0.570. The van der Waals surface area contributed by atoms with Gasteiger partial charge in [0.2, 0.25) is 0 Å². The summed E-state index contributed by atoms with van der Waals surface area (Å²) < 4.78 is 5.47. The summed E-state index contributed by atoms with van der Waals surface area (Å²) in [6, 6.07) is 0. The van der Waals surface area contributed by atoms with Crippen molar-refractivity contribution in [2.45, 2.75) is 52.4 Å². The van der Waals surface area contributed by atoms with E-state index in [9.17, 15) is 0 Å². The van der Waals surface area contributed by atoms with Gasteiger partial charge in [-0.3, -0.25) is 0 Å². The molecule has 0 amide bonds. The van der Waals surface area contributed by atoms with Crippen LogP contribution >= 0.6 is 12.2 Å². The minimum atomic E-state index is 0.530. The molecular weight excluding hydrogens is 194 g/mol. The summed E-state index contributed by atoms with van der Waals surface area (Å²) in [6.07, 6.45) is 6.86. The van der Waals surface area contributed by atoms with Gasteiger partial charge in [0.05, 0.1) is 5.69 Å². The number of unbranched alkanes of at least 4 members (excludes halogenated alkanes) is 2. The van der Waals surface area contributed by atoms with Gasteiger partial charge in [-0.1, -0.05) is 26.7 Å². The lowest BCUT2D eigenvalue weighted by atomic mass is 10.1. The lowest BCUT2D eigenvalue weighted by Crippen LogP contribution is -1.92. The van der Waals surface area contributed by atoms with Crippen LogP contribution in [0.15, 0.2) is 4.42 Å². The lowest BCUT2D eigenvalue weighted by Gasteiger charge is -1.99. The molecule has 80 valence electrons. The first kappa shape index (κ1) is 11.5. The molecule has 0 atom stereocenters. The number of hydrogen-bond acceptors (Lipinski definition) is 2. The zero-order valence-electron chi connectivity index (χ0n) is 9.06. The molecule has 0 aliphatic carbocycles. The monoisotopic (exact) mass is 213 g/mol. The minimum Gasteiger partial charge on any atom is -0.434 e. The van der Waals surface area contributed by atoms with Crippen LogP contribution in [0.3, 0.4) is 0 Å². The molecule has 0 aromatic carbocycles. The number of rotatable bonds is 6. The highest BCUT2D eigenvalue weighted by atomic mass is 32.1. The Morgan fingerprint density at radius 3 is 2.43 bits per heavy atom. The van der Waals surface area contributed by atoms with E-state index in [1.807, 2.05) is 0 Å². The molecule has 0 saturated heterocycles. The maximum absolute atomic E-state index is 5.47. The average Bonchev–Trinajstić information content (AvgIpc) is 2.52. The van der Waals surface area contributed by atoms with Crippen molar-refractivity contribution in [3.05, 3.63) is 16.3 Å². The third-order valence-electron chi connectivity index (χ3n) is 2.34. The van der Waals surface area contributed by atoms with Crippen molar-refractivity contribution in [3.63, 3.8) is 0 Å². The Kier molecular flexibility index (Phi) is 4.94. The Balaban J connectivity index is 2.64. The second kappa shape index (κ2) is 6.02. The topological polar surface area (TPSA) is 28.9 Å². The molecular formula is C11H19NOS. The zero-order valence-corrected chi connectivity index (χ0v) is 9.88. The third-order valence-corrected chi connectivity index (χ3v) is 2.53. The fraction of sp³-hybridized carbons (Fsp3) is 0.727. The fourth-order valence-corrected chi connectivity index (χ4v) is 1.71. The van der Waals surface area contributed by atoms with Crippen molar-refractivity contribution in [2.24, 2.45) is 0 Å². The number of aromatic nitrogens is 1. The Labute approximate surface area is 90.7 Å². The lowest BCUT2D eigenvalue weighted by molar-refractivity contribution is 0.479. The summed E-state index contributed by atoms with van der Waals surface area (Å²) in [5.74, 6) is 1.07. The molecule has 1 rings (SSSR count). The Morgan fingerprint density at radius 1 is 1.14 bits per heavy atom. The smallest absolute Gasteiger partial charge is 0.266 e. The van der Waals surface area contributed by atoms with Crippen molar-refractivity contribution in [1.82, 2.24) is 4.98 Å². The summed E-state index contributed by atoms with van der Waals surface area (Å²) in [5, 5.41) is 0. The molecule has 0 fully saturated rings. The molecule has 1 aromatic heterocycles. The van der Waals surface area contributed by atoms with E-state index in [4.69, 9.17) is 16.6 Å². The minimum absolute atomic E-state index is 0.530. The van der Waals surface area contributed by atoms with Crippen LogP contribution in [0.25, 0.3) is 0 Å². The third kappa shape index (κ3) is 3.29. The van der Waals surface area contributed by atoms with E-state index in [1.165, 1.54) is 31.4 Å². The number of nitrogens with one attached hydrogen (secondary N) is 1. The van der Waals surface area contributed by atoms with Crippen LogP contribution in [0.2, 0.25) is 0 Å². The summed E-state index contributed by atoms with van der Waals surface area (Å²) in [7, 11) is 0. The van der Waals surface area contributed by atoms with Crippen LogP contribution in [0.5, 0.6) is 0 Å². The molecule has 1 heterocycles. The maximum Gasteiger partial charge on any atom is 0.266 e. The summed E-state index contributed by atoms with van der Waals surface area (Å²) in [5.41, 5.74) is 1.21. The van der Waals surface area contributed by atoms with Gasteiger partial charge >= 0.3 is 0 Å². The predicted molar refractivity (Wildman–Crippen MR) is 61.1 cm³/mol. The molecule has 14 heavy (non-hydrogen) atoms. The second-order valence-electron chi connectivity index (χ2n) is 3.62. The molecule has 0 aliphatic rings. The molecule has 0 unspecified atom stereocenters. The van der Waals surface area contributed by atoms with Crippen molar-refractivity contribution in [1.29, 1.82) is 0 Å². The molecule has 0 saturated carbocycles. The summed E-state index contributed by atoms with van der Waals surface area (Å²) >= 11 is 5.00. The largest absolute Gasteiger partial charge is 0.434 e. The summed E-state index contributed by atoms with van der Waals surface area (Å²) in [4.78, 5) is 3.67. The normalized spacial score (nSPS) is 10.7. The molecule has 0 spiro atoms. The predicted octanol–water partition coefficient (Wildman–Crippen LogP) is 4.02. The van der Waals surface area contributed by atoms with Gasteiger partial charge < -0.3 is 9.40 Å². The van der Waals surface area contributed by atoms with Crippen LogP contribution in [0, 0.1) is 4.84 Å². The van der Waals surface area contributed by atoms with Gasteiger partial charge in [0.1, 0.15) is 5.76 Å². The summed E-state index contributed by atoms with van der Waals surface area (Å²) in [6.45, 7) is 4.38. The number of H-pyrrole nitrogens is 1. The van der Waals surface area contributed by atoms with Gasteiger partial charge in [-0.2, -0.15) is 0 Å². The number of hydrogen-bond donors (Lipinski definition) is 1. The van der Waals surface area contributed by atoms with Crippen molar-refractivity contribution >= 4 is 12.2 Å². The number of aromatic amines is 1. The second-order valence-corrected chi connectivity index (χ2v) is 3.99. The number of aryl methyl sites for hydroxylation is 2. The highest BCUT2D eigenvalue weighted by Crippen LogP contribution is 2.14. The van der Waals surface area contributed by atoms with E-state index in [0.717, 1.165) is 18.6 Å². The average molecular weight is 213 g/mol. The van der Waals surface area contributed by atoms with Crippen molar-refractivity contribution in [2.75, 3.05) is 0 Å². The first-order valence-corrected chi connectivity index (χ1v) is 5.89. The quantitative estimate of drug-likeness (QED) is 0.723. The highest BCUT2D eigenvalue weighted by molar-refractivity contribution is 7.71. The van der Waals surface area contributed by atoms with Crippen LogP contribution < -0.4 is 0 Å². The van der Waals surface area contributed by atoms with E-state index < -0.39 is 0 Å². The molecule has 2 nitrogen and oxygen atoms in total. The van der Waals surface area contributed by atoms with E-state index in [-0.39, 0.29) is 0 Å². The fourth-order valence-electron chi connectivity index (χ4n) is 1.49. The van der Waals surface area contributed by atoms with Gasteiger partial charge in [0.15, 0.2) is 0 Å². The van der Waals surface area contributed by atoms with E-state index >= 15 is 0 Å². The van der Waals surface area contributed by atoms with Crippen LogP contribution in [0.4, 0.5) is 0 Å². The molecule has 1 N–H and O–H groups in total. The van der Waals surface area contributed by atoms with E-state index in [1.54, 1.807) is 0 Å². The number of oxazole rings is 1. The van der Waals surface area contributed by atoms with Gasteiger partial charge in [0.25, 0.3) is 4.84 Å². The van der Waals surface area contributed by atoms with Crippen LogP contribution in [-0.4, -0.2) is 4.98 Å². The van der Waals surface area contributed by atoms with E-state index in [2.05, 4.69) is 18.8 Å². The molecule has 0 aliphatic heterocycles. The van der Waals surface area contributed by atoms with Crippen LogP contribution in [-0.2, 0) is 12.8 Å². The Bertz CT molecular complexity index is 285. The maximum atomic E-state index is 5.47. The molecule has 1 aromatic rings. The van der Waals surface area contributed by atoms with Crippen LogP contribution in [0.1, 0.15) is 51.0 Å². The first-order chi connectivity index (χ1) is 6.77. The molecule has 0 radical (unpaired) electrons. The van der Waals surface area contributed by atoms with E-state index in [0.29, 0.717) is 4.84 Å². The molecule has 0 bridgehead atoms. The van der Waals surface area contributed by atoms with Crippen molar-refractivity contribution < 1.29 is 4.42 Å². The van der Waals surface area contributed by atoms with Crippen molar-refractivity contribution in [3.8, 4) is 0 Å².